The first-order valence-corrected chi connectivity index (χ1v) is 11.0. The van der Waals surface area contributed by atoms with Crippen molar-refractivity contribution in [3.05, 3.63) is 101 Å². The Labute approximate surface area is 193 Å². The van der Waals surface area contributed by atoms with Gasteiger partial charge in [-0.25, -0.2) is 0 Å². The molecule has 1 amide bonds. The van der Waals surface area contributed by atoms with Gasteiger partial charge in [0, 0.05) is 17.8 Å². The van der Waals surface area contributed by atoms with Gasteiger partial charge in [0.15, 0.2) is 6.61 Å². The van der Waals surface area contributed by atoms with Crippen molar-refractivity contribution in [2.45, 2.75) is 33.4 Å². The van der Waals surface area contributed by atoms with Gasteiger partial charge >= 0.3 is 5.97 Å². The molecule has 1 aromatic heterocycles. The summed E-state index contributed by atoms with van der Waals surface area (Å²) in [4.78, 5) is 24.4. The Kier molecular flexibility index (Phi) is 6.83. The molecule has 0 saturated carbocycles. The molecule has 3 aromatic carbocycles. The van der Waals surface area contributed by atoms with Crippen LogP contribution in [-0.2, 0) is 33.8 Å². The molecular weight excluding hydrogens is 414 g/mol. The van der Waals surface area contributed by atoms with Crippen molar-refractivity contribution >= 4 is 22.6 Å². The van der Waals surface area contributed by atoms with Gasteiger partial charge in [-0.2, -0.15) is 5.10 Å². The molecule has 6 nitrogen and oxygen atoms in total. The monoisotopic (exact) mass is 441 g/mol. The topological polar surface area (TPSA) is 73.2 Å². The van der Waals surface area contributed by atoms with Crippen LogP contribution in [0.15, 0.2) is 72.8 Å². The summed E-state index contributed by atoms with van der Waals surface area (Å²) in [5.41, 5.74) is 4.87. The summed E-state index contributed by atoms with van der Waals surface area (Å²) in [7, 11) is 0. The van der Waals surface area contributed by atoms with E-state index in [1.807, 2.05) is 79.2 Å². The minimum absolute atomic E-state index is 0.128. The Morgan fingerprint density at radius 3 is 2.42 bits per heavy atom. The van der Waals surface area contributed by atoms with Gasteiger partial charge in [-0.15, -0.1) is 0 Å². The summed E-state index contributed by atoms with van der Waals surface area (Å²) < 4.78 is 7.12. The van der Waals surface area contributed by atoms with Crippen molar-refractivity contribution < 1.29 is 14.3 Å². The first-order chi connectivity index (χ1) is 16.0. The van der Waals surface area contributed by atoms with Crippen molar-refractivity contribution in [3.8, 4) is 0 Å². The number of rotatable bonds is 8. The molecule has 0 aliphatic heterocycles. The molecule has 0 aliphatic carbocycles. The van der Waals surface area contributed by atoms with Crippen LogP contribution in [-0.4, -0.2) is 28.3 Å². The first kappa shape index (κ1) is 22.3. The van der Waals surface area contributed by atoms with Crippen molar-refractivity contribution in [1.82, 2.24) is 15.1 Å². The van der Waals surface area contributed by atoms with Crippen molar-refractivity contribution in [2.75, 3.05) is 6.61 Å². The molecular formula is C27H27N3O3. The highest BCUT2D eigenvalue weighted by Gasteiger charge is 2.14. The zero-order valence-electron chi connectivity index (χ0n) is 18.9. The lowest BCUT2D eigenvalue weighted by Crippen LogP contribution is -2.29. The third kappa shape index (κ3) is 5.66. The van der Waals surface area contributed by atoms with Gasteiger partial charge in [0.1, 0.15) is 0 Å². The molecule has 33 heavy (non-hydrogen) atoms. The normalized spacial score (nSPS) is 10.8. The average Bonchev–Trinajstić information content (AvgIpc) is 3.09. The Balaban J connectivity index is 1.27. The highest BCUT2D eigenvalue weighted by atomic mass is 16.5. The molecule has 0 spiro atoms. The molecule has 0 bridgehead atoms. The number of fused-ring (bicyclic) bond motifs is 1. The fourth-order valence-corrected chi connectivity index (χ4v) is 3.85. The maximum Gasteiger partial charge on any atom is 0.310 e. The van der Waals surface area contributed by atoms with Gasteiger partial charge < -0.3 is 10.1 Å². The molecule has 0 fully saturated rings. The van der Waals surface area contributed by atoms with Crippen LogP contribution >= 0.6 is 0 Å². The molecule has 6 heteroatoms. The van der Waals surface area contributed by atoms with Crippen LogP contribution in [0.3, 0.4) is 0 Å². The van der Waals surface area contributed by atoms with Gasteiger partial charge in [-0.05, 0) is 35.7 Å². The number of esters is 1. The van der Waals surface area contributed by atoms with E-state index in [2.05, 4.69) is 22.5 Å². The lowest BCUT2D eigenvalue weighted by Gasteiger charge is -2.08. The SMILES string of the molecule is Cc1nn(Cc2ccccc2)c(C)c1CNC(=O)COC(=O)Cc1ccc2ccccc2c1. The summed E-state index contributed by atoms with van der Waals surface area (Å²) in [5.74, 6) is -0.764. The molecule has 4 rings (SSSR count). The minimum atomic E-state index is -0.427. The second-order valence-corrected chi connectivity index (χ2v) is 8.09. The zero-order valence-corrected chi connectivity index (χ0v) is 18.9. The number of nitrogens with one attached hydrogen (secondary N) is 1. The molecule has 0 atom stereocenters. The number of aromatic nitrogens is 2. The third-order valence-corrected chi connectivity index (χ3v) is 5.70. The quantitative estimate of drug-likeness (QED) is 0.418. The van der Waals surface area contributed by atoms with E-state index in [0.717, 1.165) is 38.9 Å². The Hall–Kier alpha value is -3.93. The average molecular weight is 442 g/mol. The van der Waals surface area contributed by atoms with Gasteiger partial charge in [0.25, 0.3) is 5.91 Å². The fraction of sp³-hybridized carbons (Fsp3) is 0.222. The van der Waals surface area contributed by atoms with E-state index >= 15 is 0 Å². The van der Waals surface area contributed by atoms with Crippen molar-refractivity contribution in [2.24, 2.45) is 0 Å². The number of benzene rings is 3. The van der Waals surface area contributed by atoms with Gasteiger partial charge in [0.2, 0.25) is 0 Å². The summed E-state index contributed by atoms with van der Waals surface area (Å²) in [6, 6.07) is 23.9. The standard InChI is InChI=1S/C27H27N3O3/c1-19-25(20(2)30(29-19)17-21-8-4-3-5-9-21)16-28-26(31)18-33-27(32)15-22-12-13-23-10-6-7-11-24(23)14-22/h3-14H,15-18H2,1-2H3,(H,28,31). The molecule has 1 heterocycles. The number of aryl methyl sites for hydroxylation is 1. The smallest absolute Gasteiger partial charge is 0.310 e. The largest absolute Gasteiger partial charge is 0.455 e. The van der Waals surface area contributed by atoms with Gasteiger partial charge in [-0.1, -0.05) is 72.8 Å². The molecule has 1 N–H and O–H groups in total. The van der Waals surface area contributed by atoms with E-state index in [1.54, 1.807) is 0 Å². The number of carbonyl (C=O) groups is 2. The van der Waals surface area contributed by atoms with Crippen LogP contribution in [0.25, 0.3) is 10.8 Å². The lowest BCUT2D eigenvalue weighted by molar-refractivity contribution is -0.147. The molecule has 0 aliphatic rings. The number of hydrogen-bond acceptors (Lipinski definition) is 4. The summed E-state index contributed by atoms with van der Waals surface area (Å²) in [6.45, 7) is 4.64. The van der Waals surface area contributed by atoms with Crippen LogP contribution in [0.2, 0.25) is 0 Å². The Morgan fingerprint density at radius 1 is 0.909 bits per heavy atom. The zero-order chi connectivity index (χ0) is 23.2. The second-order valence-electron chi connectivity index (χ2n) is 8.09. The van der Waals surface area contributed by atoms with E-state index in [1.165, 1.54) is 0 Å². The maximum absolute atomic E-state index is 12.3. The minimum Gasteiger partial charge on any atom is -0.455 e. The molecule has 0 radical (unpaired) electrons. The van der Waals surface area contributed by atoms with Crippen LogP contribution in [0, 0.1) is 13.8 Å². The Morgan fingerprint density at radius 2 is 1.64 bits per heavy atom. The highest BCUT2D eigenvalue weighted by Crippen LogP contribution is 2.17. The summed E-state index contributed by atoms with van der Waals surface area (Å²) in [6.07, 6.45) is 0.128. The van der Waals surface area contributed by atoms with E-state index in [4.69, 9.17) is 4.74 Å². The molecule has 4 aromatic rings. The predicted molar refractivity (Wildman–Crippen MR) is 128 cm³/mol. The first-order valence-electron chi connectivity index (χ1n) is 11.0. The molecule has 0 saturated heterocycles. The number of hydrogen-bond donors (Lipinski definition) is 1. The van der Waals surface area contributed by atoms with E-state index in [-0.39, 0.29) is 18.9 Å². The van der Waals surface area contributed by atoms with Crippen molar-refractivity contribution in [1.29, 1.82) is 0 Å². The lowest BCUT2D eigenvalue weighted by atomic mass is 10.1. The Bertz CT molecular complexity index is 1280. The summed E-state index contributed by atoms with van der Waals surface area (Å²) >= 11 is 0. The van der Waals surface area contributed by atoms with Crippen LogP contribution in [0.1, 0.15) is 28.1 Å². The number of amides is 1. The van der Waals surface area contributed by atoms with Crippen LogP contribution < -0.4 is 5.32 Å². The number of nitrogens with zero attached hydrogens (tertiary/aromatic N) is 2. The number of ether oxygens (including phenoxy) is 1. The van der Waals surface area contributed by atoms with Crippen LogP contribution in [0.5, 0.6) is 0 Å². The third-order valence-electron chi connectivity index (χ3n) is 5.70. The number of carbonyl (C=O) groups excluding carboxylic acids is 2. The maximum atomic E-state index is 12.3. The fourth-order valence-electron chi connectivity index (χ4n) is 3.85. The van der Waals surface area contributed by atoms with E-state index < -0.39 is 5.97 Å². The second kappa shape index (κ2) is 10.1. The van der Waals surface area contributed by atoms with Crippen LogP contribution in [0.4, 0.5) is 0 Å². The van der Waals surface area contributed by atoms with E-state index in [9.17, 15) is 9.59 Å². The van der Waals surface area contributed by atoms with Crippen molar-refractivity contribution in [3.63, 3.8) is 0 Å². The highest BCUT2D eigenvalue weighted by molar-refractivity contribution is 5.85. The summed E-state index contributed by atoms with van der Waals surface area (Å²) in [5, 5.41) is 9.62. The predicted octanol–water partition coefficient (Wildman–Crippen LogP) is 4.10. The molecule has 168 valence electrons. The van der Waals surface area contributed by atoms with Gasteiger partial charge in [-0.3, -0.25) is 14.3 Å². The molecule has 0 unspecified atom stereocenters. The van der Waals surface area contributed by atoms with E-state index in [0.29, 0.717) is 13.1 Å². The van der Waals surface area contributed by atoms with Gasteiger partial charge in [0.05, 0.1) is 18.7 Å².